The van der Waals surface area contributed by atoms with Crippen molar-refractivity contribution in [3.05, 3.63) is 11.9 Å². The summed E-state index contributed by atoms with van der Waals surface area (Å²) in [5, 5.41) is 0. The molecule has 0 aromatic rings. The minimum absolute atomic E-state index is 0.157. The molecule has 1 saturated carbocycles. The van der Waals surface area contributed by atoms with Gasteiger partial charge in [-0.3, -0.25) is 0 Å². The molecule has 0 aliphatic heterocycles. The molecule has 1 unspecified atom stereocenters. The Hall–Kier alpha value is -0.860. The van der Waals surface area contributed by atoms with E-state index in [2.05, 4.69) is 4.74 Å². The van der Waals surface area contributed by atoms with E-state index in [0.29, 0.717) is 0 Å². The first-order valence-corrected chi connectivity index (χ1v) is 4.52. The molecule has 0 spiro atoms. The topological polar surface area (TPSA) is 26.3 Å². The van der Waals surface area contributed by atoms with Crippen LogP contribution in [0.2, 0.25) is 0 Å². The van der Waals surface area contributed by atoms with Gasteiger partial charge in [0.1, 0.15) is 0 Å². The number of carbonyl (C=O) groups excluding carboxylic acids is 1. The molecule has 74 valence electrons. The highest BCUT2D eigenvalue weighted by atomic mass is 19.1. The molecule has 0 amide bonds. The van der Waals surface area contributed by atoms with Crippen LogP contribution in [0.25, 0.3) is 0 Å². The molecular formula is C10H15FO2. The van der Waals surface area contributed by atoms with Gasteiger partial charge in [-0.1, -0.05) is 13.8 Å². The van der Waals surface area contributed by atoms with Gasteiger partial charge in [-0.25, -0.2) is 4.79 Å². The van der Waals surface area contributed by atoms with Crippen LogP contribution in [0.5, 0.6) is 0 Å². The van der Waals surface area contributed by atoms with Gasteiger partial charge < -0.3 is 4.74 Å². The highest BCUT2D eigenvalue weighted by Gasteiger charge is 2.44. The standard InChI is InChI=1S/C10H15FO2/c1-4-13-9(12)8(11)5-7-6-10(7,2)3/h5,7H,4,6H2,1-3H3. The van der Waals surface area contributed by atoms with Crippen molar-refractivity contribution >= 4 is 5.97 Å². The zero-order valence-electron chi connectivity index (χ0n) is 8.26. The average molecular weight is 186 g/mol. The Morgan fingerprint density at radius 3 is 2.62 bits per heavy atom. The Morgan fingerprint density at radius 2 is 2.23 bits per heavy atom. The lowest BCUT2D eigenvalue weighted by atomic mass is 10.1. The lowest BCUT2D eigenvalue weighted by molar-refractivity contribution is -0.140. The third-order valence-electron chi connectivity index (χ3n) is 2.41. The van der Waals surface area contributed by atoms with Gasteiger partial charge in [0.2, 0.25) is 5.83 Å². The maximum Gasteiger partial charge on any atom is 0.366 e. The van der Waals surface area contributed by atoms with E-state index >= 15 is 0 Å². The van der Waals surface area contributed by atoms with Gasteiger partial charge in [-0.2, -0.15) is 4.39 Å². The molecule has 0 bridgehead atoms. The summed E-state index contributed by atoms with van der Waals surface area (Å²) in [5.74, 6) is -1.40. The quantitative estimate of drug-likeness (QED) is 0.500. The van der Waals surface area contributed by atoms with E-state index in [4.69, 9.17) is 0 Å². The molecule has 1 fully saturated rings. The third kappa shape index (κ3) is 2.54. The number of hydrogen-bond acceptors (Lipinski definition) is 2. The zero-order chi connectivity index (χ0) is 10.1. The Labute approximate surface area is 77.8 Å². The normalized spacial score (nSPS) is 25.5. The van der Waals surface area contributed by atoms with E-state index in [1.54, 1.807) is 6.92 Å². The number of rotatable bonds is 3. The summed E-state index contributed by atoms with van der Waals surface area (Å²) in [7, 11) is 0. The molecule has 3 heteroatoms. The van der Waals surface area contributed by atoms with E-state index in [0.717, 1.165) is 6.42 Å². The van der Waals surface area contributed by atoms with Gasteiger partial charge >= 0.3 is 5.97 Å². The Morgan fingerprint density at radius 1 is 1.69 bits per heavy atom. The molecule has 0 saturated heterocycles. The van der Waals surface area contributed by atoms with Crippen LogP contribution in [0.3, 0.4) is 0 Å². The molecule has 0 aromatic heterocycles. The van der Waals surface area contributed by atoms with E-state index in [-0.39, 0.29) is 17.9 Å². The minimum Gasteiger partial charge on any atom is -0.461 e. The predicted molar refractivity (Wildman–Crippen MR) is 47.7 cm³/mol. The van der Waals surface area contributed by atoms with Crippen LogP contribution in [-0.2, 0) is 9.53 Å². The number of allylic oxidation sites excluding steroid dienone is 1. The van der Waals surface area contributed by atoms with Crippen LogP contribution in [0, 0.1) is 11.3 Å². The zero-order valence-corrected chi connectivity index (χ0v) is 8.26. The molecule has 0 heterocycles. The molecule has 1 aliphatic carbocycles. The summed E-state index contributed by atoms with van der Waals surface area (Å²) in [6.07, 6.45) is 2.32. The summed E-state index contributed by atoms with van der Waals surface area (Å²) in [6.45, 7) is 5.97. The van der Waals surface area contributed by atoms with Crippen LogP contribution >= 0.6 is 0 Å². The fourth-order valence-corrected chi connectivity index (χ4v) is 1.24. The van der Waals surface area contributed by atoms with Crippen LogP contribution in [-0.4, -0.2) is 12.6 Å². The van der Waals surface area contributed by atoms with Crippen molar-refractivity contribution in [2.45, 2.75) is 27.2 Å². The van der Waals surface area contributed by atoms with Crippen molar-refractivity contribution in [2.75, 3.05) is 6.61 Å². The maximum absolute atomic E-state index is 13.0. The number of halogens is 1. The third-order valence-corrected chi connectivity index (χ3v) is 2.41. The van der Waals surface area contributed by atoms with Crippen LogP contribution < -0.4 is 0 Å². The van der Waals surface area contributed by atoms with Crippen molar-refractivity contribution in [1.82, 2.24) is 0 Å². The Balaban J connectivity index is 2.48. The van der Waals surface area contributed by atoms with E-state index in [1.807, 2.05) is 13.8 Å². The molecule has 1 aliphatic rings. The van der Waals surface area contributed by atoms with Gasteiger partial charge in [0, 0.05) is 0 Å². The first kappa shape index (κ1) is 10.2. The van der Waals surface area contributed by atoms with Gasteiger partial charge in [0.15, 0.2) is 0 Å². The average Bonchev–Trinajstić information content (AvgIpc) is 2.59. The number of hydrogen-bond donors (Lipinski definition) is 0. The predicted octanol–water partition coefficient (Wildman–Crippen LogP) is 2.45. The van der Waals surface area contributed by atoms with Crippen LogP contribution in [0.1, 0.15) is 27.2 Å². The van der Waals surface area contributed by atoms with Crippen LogP contribution in [0.4, 0.5) is 4.39 Å². The fourth-order valence-electron chi connectivity index (χ4n) is 1.24. The van der Waals surface area contributed by atoms with Gasteiger partial charge in [0.25, 0.3) is 0 Å². The lowest BCUT2D eigenvalue weighted by Gasteiger charge is -1.99. The maximum atomic E-state index is 13.0. The van der Waals surface area contributed by atoms with Crippen LogP contribution in [0.15, 0.2) is 11.9 Å². The molecular weight excluding hydrogens is 171 g/mol. The minimum atomic E-state index is -0.842. The van der Waals surface area contributed by atoms with Gasteiger partial charge in [-0.15, -0.1) is 0 Å². The first-order valence-electron chi connectivity index (χ1n) is 4.52. The summed E-state index contributed by atoms with van der Waals surface area (Å²) in [5.41, 5.74) is 0.157. The van der Waals surface area contributed by atoms with Crippen molar-refractivity contribution in [3.8, 4) is 0 Å². The Bertz CT molecular complexity index is 243. The molecule has 2 nitrogen and oxygen atoms in total. The van der Waals surface area contributed by atoms with Crippen molar-refractivity contribution in [3.63, 3.8) is 0 Å². The molecule has 0 N–H and O–H groups in total. The molecule has 1 rings (SSSR count). The first-order chi connectivity index (χ1) is 5.97. The van der Waals surface area contributed by atoms with Gasteiger partial charge in [0.05, 0.1) is 6.61 Å². The number of carbonyl (C=O) groups is 1. The molecule has 1 atom stereocenters. The van der Waals surface area contributed by atoms with E-state index < -0.39 is 11.8 Å². The smallest absolute Gasteiger partial charge is 0.366 e. The molecule has 0 aromatic carbocycles. The second-order valence-corrected chi connectivity index (χ2v) is 4.03. The van der Waals surface area contributed by atoms with E-state index in [9.17, 15) is 9.18 Å². The van der Waals surface area contributed by atoms with E-state index in [1.165, 1.54) is 6.08 Å². The lowest BCUT2D eigenvalue weighted by Crippen LogP contribution is -2.04. The number of esters is 1. The van der Waals surface area contributed by atoms with Crippen molar-refractivity contribution in [1.29, 1.82) is 0 Å². The summed E-state index contributed by atoms with van der Waals surface area (Å²) in [6, 6.07) is 0. The summed E-state index contributed by atoms with van der Waals surface area (Å²) in [4.78, 5) is 10.9. The molecule has 13 heavy (non-hydrogen) atoms. The largest absolute Gasteiger partial charge is 0.461 e. The highest BCUT2D eigenvalue weighted by Crippen LogP contribution is 2.52. The van der Waals surface area contributed by atoms with Crippen molar-refractivity contribution < 1.29 is 13.9 Å². The second kappa shape index (κ2) is 3.48. The fraction of sp³-hybridized carbons (Fsp3) is 0.700. The summed E-state index contributed by atoms with van der Waals surface area (Å²) < 4.78 is 17.5. The second-order valence-electron chi connectivity index (χ2n) is 4.03. The van der Waals surface area contributed by atoms with Gasteiger partial charge in [-0.05, 0) is 30.8 Å². The monoisotopic (exact) mass is 186 g/mol. The summed E-state index contributed by atoms with van der Waals surface area (Å²) >= 11 is 0. The number of ether oxygens (including phenoxy) is 1. The molecule has 0 radical (unpaired) electrons. The highest BCUT2D eigenvalue weighted by molar-refractivity contribution is 5.86. The SMILES string of the molecule is CCOC(=O)C(F)=CC1CC1(C)C. The Kier molecular flexibility index (Phi) is 2.74. The van der Waals surface area contributed by atoms with Crippen molar-refractivity contribution in [2.24, 2.45) is 11.3 Å².